The Hall–Kier alpha value is -3.54. The highest BCUT2D eigenvalue weighted by atomic mass is 16.6. The van der Waals surface area contributed by atoms with E-state index in [1.807, 2.05) is 24.4 Å². The first-order chi connectivity index (χ1) is 14.7. The topological polar surface area (TPSA) is 80.8 Å². The lowest BCUT2D eigenvalue weighted by atomic mass is 9.75. The molecule has 1 aromatic carbocycles. The number of fused-ring (bicyclic) bond motifs is 3. The number of aromatic nitrogens is 4. The van der Waals surface area contributed by atoms with Gasteiger partial charge in [0.15, 0.2) is 0 Å². The Kier molecular flexibility index (Phi) is 3.75. The molecular weight excluding hydrogens is 376 g/mol. The number of aromatic amines is 1. The van der Waals surface area contributed by atoms with Gasteiger partial charge < -0.3 is 9.72 Å². The number of carbonyl (C=O) groups is 1. The molecule has 148 valence electrons. The Labute approximate surface area is 173 Å². The number of hydrogen-bond acceptors (Lipinski definition) is 5. The molecule has 6 rings (SSSR count). The lowest BCUT2D eigenvalue weighted by molar-refractivity contribution is -0.0313. The molecule has 0 saturated heterocycles. The van der Waals surface area contributed by atoms with Crippen LogP contribution in [0.25, 0.3) is 22.3 Å². The minimum absolute atomic E-state index is 0.228. The molecule has 0 amide bonds. The number of carbonyl (C=O) groups excluding carboxylic acids is 1. The molecule has 3 aromatic heterocycles. The SMILES string of the molecule is O=C1OC2(CCC(c3nc4cnc(-c5ccccc5)cc4[nH]3)CC2)c2cnccc21. The van der Waals surface area contributed by atoms with E-state index >= 15 is 0 Å². The van der Waals surface area contributed by atoms with Crippen LogP contribution in [-0.2, 0) is 10.3 Å². The molecule has 0 atom stereocenters. The number of nitrogens with one attached hydrogen (secondary N) is 1. The molecule has 1 aliphatic heterocycles. The predicted octanol–water partition coefficient (Wildman–Crippen LogP) is 4.74. The first-order valence-corrected chi connectivity index (χ1v) is 10.3. The predicted molar refractivity (Wildman–Crippen MR) is 112 cm³/mol. The molecule has 30 heavy (non-hydrogen) atoms. The van der Waals surface area contributed by atoms with Crippen LogP contribution in [0.4, 0.5) is 0 Å². The maximum absolute atomic E-state index is 12.3. The van der Waals surface area contributed by atoms with Gasteiger partial charge in [0, 0.05) is 29.4 Å². The fraction of sp³-hybridized carbons (Fsp3) is 0.250. The molecule has 1 saturated carbocycles. The van der Waals surface area contributed by atoms with Crippen LogP contribution in [0.5, 0.6) is 0 Å². The third-order valence-electron chi connectivity index (χ3n) is 6.46. The number of rotatable bonds is 2. The van der Waals surface area contributed by atoms with Gasteiger partial charge in [0.2, 0.25) is 0 Å². The van der Waals surface area contributed by atoms with Crippen LogP contribution >= 0.6 is 0 Å². The molecule has 0 bridgehead atoms. The van der Waals surface area contributed by atoms with Crippen LogP contribution in [0.3, 0.4) is 0 Å². The van der Waals surface area contributed by atoms with Crippen LogP contribution in [0.2, 0.25) is 0 Å². The van der Waals surface area contributed by atoms with Crippen molar-refractivity contribution in [3.05, 3.63) is 78.0 Å². The minimum atomic E-state index is -0.523. The van der Waals surface area contributed by atoms with E-state index in [0.29, 0.717) is 11.5 Å². The number of imidazole rings is 1. The van der Waals surface area contributed by atoms with E-state index in [2.05, 4.69) is 33.2 Å². The van der Waals surface area contributed by atoms with Crippen molar-refractivity contribution in [2.75, 3.05) is 0 Å². The molecule has 6 heteroatoms. The highest BCUT2D eigenvalue weighted by Crippen LogP contribution is 2.49. The Balaban J connectivity index is 1.26. The molecular formula is C24H20N4O2. The lowest BCUT2D eigenvalue weighted by Crippen LogP contribution is -2.31. The molecule has 1 N–H and O–H groups in total. The van der Waals surface area contributed by atoms with Crippen molar-refractivity contribution in [3.8, 4) is 11.3 Å². The summed E-state index contributed by atoms with van der Waals surface area (Å²) in [7, 11) is 0. The second-order valence-corrected chi connectivity index (χ2v) is 8.15. The number of esters is 1. The molecule has 4 heterocycles. The first kappa shape index (κ1) is 17.3. The Morgan fingerprint density at radius 2 is 1.90 bits per heavy atom. The van der Waals surface area contributed by atoms with E-state index in [4.69, 9.17) is 9.72 Å². The monoisotopic (exact) mass is 396 g/mol. The molecule has 1 aliphatic carbocycles. The van der Waals surface area contributed by atoms with Gasteiger partial charge in [0.1, 0.15) is 16.9 Å². The van der Waals surface area contributed by atoms with Crippen molar-refractivity contribution in [1.82, 2.24) is 19.9 Å². The summed E-state index contributed by atoms with van der Waals surface area (Å²) in [6, 6.07) is 14.0. The van der Waals surface area contributed by atoms with E-state index in [0.717, 1.165) is 59.4 Å². The number of nitrogens with zero attached hydrogens (tertiary/aromatic N) is 3. The molecule has 1 spiro atoms. The fourth-order valence-corrected chi connectivity index (χ4v) is 4.85. The summed E-state index contributed by atoms with van der Waals surface area (Å²) < 4.78 is 5.85. The van der Waals surface area contributed by atoms with Crippen molar-refractivity contribution in [3.63, 3.8) is 0 Å². The standard InChI is InChI=1S/C24H20N4O2/c29-23-17-8-11-25-13-18(17)24(30-23)9-6-16(7-10-24)22-27-20-12-19(26-14-21(20)28-22)15-4-2-1-3-5-15/h1-5,8,11-14,16H,6-7,9-10H2,(H,27,28). The normalized spacial score (nSPS) is 22.9. The van der Waals surface area contributed by atoms with Gasteiger partial charge in [-0.25, -0.2) is 9.78 Å². The van der Waals surface area contributed by atoms with Crippen molar-refractivity contribution >= 4 is 17.0 Å². The minimum Gasteiger partial charge on any atom is -0.450 e. The van der Waals surface area contributed by atoms with Crippen molar-refractivity contribution in [1.29, 1.82) is 0 Å². The highest BCUT2D eigenvalue weighted by molar-refractivity contribution is 5.94. The van der Waals surface area contributed by atoms with Gasteiger partial charge in [-0.3, -0.25) is 9.97 Å². The summed E-state index contributed by atoms with van der Waals surface area (Å²) >= 11 is 0. The second-order valence-electron chi connectivity index (χ2n) is 8.15. The first-order valence-electron chi connectivity index (χ1n) is 10.3. The average molecular weight is 396 g/mol. The third-order valence-corrected chi connectivity index (χ3v) is 6.46. The summed E-state index contributed by atoms with van der Waals surface area (Å²) in [5.74, 6) is 1.07. The molecule has 4 aromatic rings. The highest BCUT2D eigenvalue weighted by Gasteiger charge is 2.48. The van der Waals surface area contributed by atoms with Crippen molar-refractivity contribution in [2.24, 2.45) is 0 Å². The Morgan fingerprint density at radius 1 is 1.07 bits per heavy atom. The number of pyridine rings is 2. The second kappa shape index (κ2) is 6.49. The zero-order valence-corrected chi connectivity index (χ0v) is 16.3. The number of benzene rings is 1. The summed E-state index contributed by atoms with van der Waals surface area (Å²) in [5.41, 5.74) is 4.98. The quantitative estimate of drug-likeness (QED) is 0.495. The van der Waals surface area contributed by atoms with E-state index in [9.17, 15) is 4.79 Å². The molecule has 0 unspecified atom stereocenters. The van der Waals surface area contributed by atoms with Gasteiger partial charge >= 0.3 is 5.97 Å². The van der Waals surface area contributed by atoms with E-state index in [1.54, 1.807) is 18.5 Å². The molecule has 2 aliphatic rings. The van der Waals surface area contributed by atoms with Gasteiger partial charge in [0.05, 0.1) is 23.0 Å². The molecule has 0 radical (unpaired) electrons. The summed E-state index contributed by atoms with van der Waals surface area (Å²) in [5, 5.41) is 0. The van der Waals surface area contributed by atoms with Crippen LogP contribution < -0.4 is 0 Å². The lowest BCUT2D eigenvalue weighted by Gasteiger charge is -2.35. The summed E-state index contributed by atoms with van der Waals surface area (Å²) in [6.07, 6.45) is 8.65. The number of H-pyrrole nitrogens is 1. The van der Waals surface area contributed by atoms with Gasteiger partial charge in [-0.2, -0.15) is 0 Å². The maximum atomic E-state index is 12.3. The number of hydrogen-bond donors (Lipinski definition) is 1. The van der Waals surface area contributed by atoms with Crippen molar-refractivity contribution in [2.45, 2.75) is 37.2 Å². The Morgan fingerprint density at radius 3 is 2.73 bits per heavy atom. The third kappa shape index (κ3) is 2.64. The smallest absolute Gasteiger partial charge is 0.339 e. The van der Waals surface area contributed by atoms with Crippen LogP contribution in [0.1, 0.15) is 53.3 Å². The summed E-state index contributed by atoms with van der Waals surface area (Å²) in [4.78, 5) is 29.4. The van der Waals surface area contributed by atoms with Crippen LogP contribution in [0, 0.1) is 0 Å². The summed E-state index contributed by atoms with van der Waals surface area (Å²) in [6.45, 7) is 0. The average Bonchev–Trinajstić information content (AvgIpc) is 3.34. The fourth-order valence-electron chi connectivity index (χ4n) is 4.85. The number of ether oxygens (including phenoxy) is 1. The van der Waals surface area contributed by atoms with Gasteiger partial charge in [-0.05, 0) is 37.8 Å². The van der Waals surface area contributed by atoms with Crippen molar-refractivity contribution < 1.29 is 9.53 Å². The zero-order valence-electron chi connectivity index (χ0n) is 16.3. The largest absolute Gasteiger partial charge is 0.450 e. The maximum Gasteiger partial charge on any atom is 0.339 e. The van der Waals surface area contributed by atoms with Gasteiger partial charge in [-0.15, -0.1) is 0 Å². The van der Waals surface area contributed by atoms with Crippen LogP contribution in [-0.4, -0.2) is 25.9 Å². The molecule has 1 fully saturated rings. The zero-order chi connectivity index (χ0) is 20.1. The van der Waals surface area contributed by atoms with Gasteiger partial charge in [-0.1, -0.05) is 30.3 Å². The van der Waals surface area contributed by atoms with E-state index in [-0.39, 0.29) is 5.97 Å². The van der Waals surface area contributed by atoms with Gasteiger partial charge in [0.25, 0.3) is 0 Å². The van der Waals surface area contributed by atoms with E-state index in [1.165, 1.54) is 0 Å². The van der Waals surface area contributed by atoms with E-state index < -0.39 is 5.60 Å². The Bertz CT molecular complexity index is 1260. The molecule has 6 nitrogen and oxygen atoms in total. The van der Waals surface area contributed by atoms with Crippen LogP contribution in [0.15, 0.2) is 61.1 Å².